The van der Waals surface area contributed by atoms with Crippen molar-refractivity contribution in [2.75, 3.05) is 0 Å². The van der Waals surface area contributed by atoms with Crippen LogP contribution in [-0.2, 0) is 5.54 Å². The standard InChI is InChI=1S/C27H30Cl3N5/c1-26(2,3)24(14-10-20-9-13-22(29)17-23(20)30)35-25(32-33-34-35)27(15-5-4-6-16-27)31-18-19-7-11-21(28)12-8-19/h7-14,17-18,24H,4-6,15-16H2,1-3H3/b14-10-,31-18?. The Hall–Kier alpha value is -2.21. The summed E-state index contributed by atoms with van der Waals surface area (Å²) in [5.74, 6) is 0.800. The Balaban J connectivity index is 1.74. The minimum atomic E-state index is -0.476. The van der Waals surface area contributed by atoms with Crippen LogP contribution in [0.25, 0.3) is 6.08 Å². The zero-order chi connectivity index (χ0) is 25.1. The van der Waals surface area contributed by atoms with Crippen molar-refractivity contribution in [2.24, 2.45) is 10.4 Å². The van der Waals surface area contributed by atoms with Crippen molar-refractivity contribution in [1.29, 1.82) is 0 Å². The first-order valence-electron chi connectivity index (χ1n) is 11.9. The van der Waals surface area contributed by atoms with E-state index >= 15 is 0 Å². The second kappa shape index (κ2) is 10.8. The predicted octanol–water partition coefficient (Wildman–Crippen LogP) is 8.21. The van der Waals surface area contributed by atoms with Crippen LogP contribution >= 0.6 is 34.8 Å². The van der Waals surface area contributed by atoms with Gasteiger partial charge >= 0.3 is 0 Å². The van der Waals surface area contributed by atoms with E-state index in [4.69, 9.17) is 39.8 Å². The Morgan fingerprint density at radius 1 is 0.971 bits per heavy atom. The molecular weight excluding hydrogens is 501 g/mol. The lowest BCUT2D eigenvalue weighted by Crippen LogP contribution is -2.35. The second-order valence-electron chi connectivity index (χ2n) is 10.2. The molecule has 4 rings (SSSR count). The first kappa shape index (κ1) is 25.9. The van der Waals surface area contributed by atoms with Gasteiger partial charge in [0.1, 0.15) is 5.54 Å². The van der Waals surface area contributed by atoms with Crippen LogP contribution < -0.4 is 0 Å². The fourth-order valence-electron chi connectivity index (χ4n) is 4.55. The summed E-state index contributed by atoms with van der Waals surface area (Å²) in [5.41, 5.74) is 1.27. The molecule has 1 saturated carbocycles. The highest BCUT2D eigenvalue weighted by molar-refractivity contribution is 6.35. The molecule has 1 aromatic heterocycles. The topological polar surface area (TPSA) is 56.0 Å². The molecule has 184 valence electrons. The predicted molar refractivity (Wildman–Crippen MR) is 146 cm³/mol. The van der Waals surface area contributed by atoms with E-state index in [0.717, 1.165) is 42.6 Å². The first-order valence-corrected chi connectivity index (χ1v) is 13.0. The molecule has 8 heteroatoms. The molecule has 3 aromatic rings. The van der Waals surface area contributed by atoms with Gasteiger partial charge in [-0.25, -0.2) is 4.68 Å². The Bertz CT molecular complexity index is 1200. The van der Waals surface area contributed by atoms with E-state index in [1.807, 2.05) is 53.4 Å². The maximum absolute atomic E-state index is 6.43. The van der Waals surface area contributed by atoms with Gasteiger partial charge < -0.3 is 0 Å². The summed E-state index contributed by atoms with van der Waals surface area (Å²) >= 11 is 18.6. The smallest absolute Gasteiger partial charge is 0.179 e. The summed E-state index contributed by atoms with van der Waals surface area (Å²) < 4.78 is 1.95. The molecule has 1 fully saturated rings. The zero-order valence-electron chi connectivity index (χ0n) is 20.3. The first-order chi connectivity index (χ1) is 16.7. The highest BCUT2D eigenvalue weighted by atomic mass is 35.5. The van der Waals surface area contributed by atoms with Crippen LogP contribution in [0, 0.1) is 5.41 Å². The minimum absolute atomic E-state index is 0.108. The number of allylic oxidation sites excluding steroid dienone is 1. The Morgan fingerprint density at radius 2 is 1.66 bits per heavy atom. The minimum Gasteiger partial charge on any atom is -0.278 e. The van der Waals surface area contributed by atoms with E-state index in [0.29, 0.717) is 15.1 Å². The van der Waals surface area contributed by atoms with Crippen LogP contribution in [0.3, 0.4) is 0 Å². The largest absolute Gasteiger partial charge is 0.278 e. The van der Waals surface area contributed by atoms with Crippen LogP contribution in [-0.4, -0.2) is 26.4 Å². The summed E-state index contributed by atoms with van der Waals surface area (Å²) in [7, 11) is 0. The number of tetrazole rings is 1. The summed E-state index contributed by atoms with van der Waals surface area (Å²) in [6.07, 6.45) is 11.2. The van der Waals surface area contributed by atoms with Crippen molar-refractivity contribution < 1.29 is 0 Å². The van der Waals surface area contributed by atoms with E-state index in [1.165, 1.54) is 6.42 Å². The quantitative estimate of drug-likeness (QED) is 0.302. The van der Waals surface area contributed by atoms with Gasteiger partial charge in [0.2, 0.25) is 0 Å². The average Bonchev–Trinajstić information content (AvgIpc) is 3.30. The maximum atomic E-state index is 6.43. The lowest BCUT2D eigenvalue weighted by molar-refractivity contribution is 0.228. The van der Waals surface area contributed by atoms with E-state index in [9.17, 15) is 0 Å². The highest BCUT2D eigenvalue weighted by Gasteiger charge is 2.41. The molecule has 5 nitrogen and oxygen atoms in total. The fourth-order valence-corrected chi connectivity index (χ4v) is 5.15. The number of nitrogens with zero attached hydrogens (tertiary/aromatic N) is 5. The summed E-state index contributed by atoms with van der Waals surface area (Å²) in [6.45, 7) is 6.55. The molecule has 0 bridgehead atoms. The number of halogens is 3. The van der Waals surface area contributed by atoms with Gasteiger partial charge in [-0.15, -0.1) is 5.10 Å². The second-order valence-corrected chi connectivity index (χ2v) is 11.5. The van der Waals surface area contributed by atoms with Gasteiger partial charge in [-0.1, -0.05) is 105 Å². The van der Waals surface area contributed by atoms with E-state index < -0.39 is 5.54 Å². The van der Waals surface area contributed by atoms with Gasteiger partial charge in [-0.2, -0.15) is 0 Å². The number of aliphatic imine (C=N–C) groups is 1. The van der Waals surface area contributed by atoms with Gasteiger partial charge in [0.05, 0.1) is 6.04 Å². The van der Waals surface area contributed by atoms with E-state index in [1.54, 1.807) is 6.07 Å². The Kier molecular flexibility index (Phi) is 7.99. The fraction of sp³-hybridized carbons (Fsp3) is 0.407. The van der Waals surface area contributed by atoms with E-state index in [2.05, 4.69) is 42.4 Å². The van der Waals surface area contributed by atoms with Crippen LogP contribution in [0.15, 0.2) is 53.5 Å². The van der Waals surface area contributed by atoms with Crippen LogP contribution in [0.5, 0.6) is 0 Å². The van der Waals surface area contributed by atoms with Gasteiger partial charge in [0.25, 0.3) is 0 Å². The van der Waals surface area contributed by atoms with Crippen LogP contribution in [0.1, 0.15) is 75.9 Å². The molecule has 0 radical (unpaired) electrons. The van der Waals surface area contributed by atoms with Crippen molar-refractivity contribution in [3.8, 4) is 0 Å². The third-order valence-corrected chi connectivity index (χ3v) is 7.31. The zero-order valence-corrected chi connectivity index (χ0v) is 22.5. The SMILES string of the molecule is CC(C)(C)C(/C=C\c1ccc(Cl)cc1Cl)n1nnnc1C1(N=Cc2ccc(Cl)cc2)CCCCC1. The molecule has 0 N–H and O–H groups in total. The molecule has 0 spiro atoms. The number of aromatic nitrogens is 4. The molecule has 1 aliphatic rings. The Labute approximate surface area is 222 Å². The third kappa shape index (κ3) is 6.14. The third-order valence-electron chi connectivity index (χ3n) is 6.49. The monoisotopic (exact) mass is 529 g/mol. The van der Waals surface area contributed by atoms with Gasteiger partial charge in [0, 0.05) is 21.3 Å². The molecule has 0 aliphatic heterocycles. The molecule has 2 aromatic carbocycles. The van der Waals surface area contributed by atoms with Gasteiger partial charge in [0.15, 0.2) is 5.82 Å². The van der Waals surface area contributed by atoms with Crippen molar-refractivity contribution in [1.82, 2.24) is 20.2 Å². The molecule has 35 heavy (non-hydrogen) atoms. The number of hydrogen-bond donors (Lipinski definition) is 0. The molecule has 0 amide bonds. The van der Waals surface area contributed by atoms with Crippen LogP contribution in [0.2, 0.25) is 15.1 Å². The number of rotatable bonds is 6. The summed E-state index contributed by atoms with van der Waals surface area (Å²) in [5, 5.41) is 15.1. The Morgan fingerprint density at radius 3 is 2.31 bits per heavy atom. The maximum Gasteiger partial charge on any atom is 0.179 e. The van der Waals surface area contributed by atoms with Crippen molar-refractivity contribution in [3.63, 3.8) is 0 Å². The molecule has 1 atom stereocenters. The van der Waals surface area contributed by atoms with Crippen molar-refractivity contribution in [2.45, 2.75) is 64.5 Å². The number of benzene rings is 2. The highest BCUT2D eigenvalue weighted by Crippen LogP contribution is 2.42. The number of hydrogen-bond acceptors (Lipinski definition) is 4. The summed E-state index contributed by atoms with van der Waals surface area (Å²) in [4.78, 5) is 5.13. The summed E-state index contributed by atoms with van der Waals surface area (Å²) in [6, 6.07) is 13.1. The molecule has 1 unspecified atom stereocenters. The molecular formula is C27H30Cl3N5. The normalized spacial score (nSPS) is 17.3. The molecule has 0 saturated heterocycles. The van der Waals surface area contributed by atoms with Gasteiger partial charge in [-0.05, 0) is 64.1 Å². The van der Waals surface area contributed by atoms with Crippen molar-refractivity contribution in [3.05, 3.63) is 80.6 Å². The van der Waals surface area contributed by atoms with Crippen LogP contribution in [0.4, 0.5) is 0 Å². The lowest BCUT2D eigenvalue weighted by atomic mass is 9.80. The lowest BCUT2D eigenvalue weighted by Gasteiger charge is -2.35. The van der Waals surface area contributed by atoms with Crippen molar-refractivity contribution >= 4 is 47.1 Å². The molecule has 1 aliphatic carbocycles. The molecule has 1 heterocycles. The van der Waals surface area contributed by atoms with Gasteiger partial charge in [-0.3, -0.25) is 4.99 Å². The average molecular weight is 531 g/mol. The van der Waals surface area contributed by atoms with E-state index in [-0.39, 0.29) is 11.5 Å².